The molecule has 5 nitrogen and oxygen atoms in total. The van der Waals surface area contributed by atoms with Crippen molar-refractivity contribution < 1.29 is 13.2 Å². The van der Waals surface area contributed by atoms with Crippen LogP contribution in [0.4, 0.5) is 5.69 Å². The molecular weight excluding hydrogens is 372 g/mol. The van der Waals surface area contributed by atoms with Crippen LogP contribution in [0.25, 0.3) is 0 Å². The summed E-state index contributed by atoms with van der Waals surface area (Å²) < 4.78 is 27.6. The molecule has 0 saturated heterocycles. The molecule has 2 aromatic carbocycles. The molecule has 1 aliphatic rings. The summed E-state index contributed by atoms with van der Waals surface area (Å²) >= 11 is 0. The van der Waals surface area contributed by atoms with Gasteiger partial charge in [-0.2, -0.15) is 4.31 Å². The molecule has 1 fully saturated rings. The molecule has 1 saturated carbocycles. The predicted molar refractivity (Wildman–Crippen MR) is 112 cm³/mol. The molecule has 0 aromatic heterocycles. The largest absolute Gasteiger partial charge is 0.322 e. The summed E-state index contributed by atoms with van der Waals surface area (Å²) in [6.07, 6.45) is 5.06. The summed E-state index contributed by atoms with van der Waals surface area (Å²) in [5.74, 6) is -0.310. The van der Waals surface area contributed by atoms with E-state index in [1.807, 2.05) is 32.0 Å². The average Bonchev–Trinajstić information content (AvgIpc) is 2.71. The Balaban J connectivity index is 1.84. The Kier molecular flexibility index (Phi) is 6.20. The average molecular weight is 401 g/mol. The highest BCUT2D eigenvalue weighted by Gasteiger charge is 2.29. The SMILES string of the molecule is Cc1cccc(C)c1NC(=O)c1cccc(S(=O)(=O)N(C)C2CCCCC2)c1. The maximum absolute atomic E-state index is 13.1. The molecule has 0 unspecified atom stereocenters. The van der Waals surface area contributed by atoms with Crippen molar-refractivity contribution in [1.82, 2.24) is 4.31 Å². The normalized spacial score (nSPS) is 15.6. The Morgan fingerprint density at radius 2 is 1.61 bits per heavy atom. The molecule has 0 spiro atoms. The zero-order valence-electron chi connectivity index (χ0n) is 16.7. The molecule has 6 heteroatoms. The number of para-hydroxylation sites is 1. The van der Waals surface area contributed by atoms with Gasteiger partial charge in [-0.25, -0.2) is 8.42 Å². The number of nitrogens with zero attached hydrogens (tertiary/aromatic N) is 1. The molecule has 150 valence electrons. The van der Waals surface area contributed by atoms with Crippen molar-refractivity contribution in [2.75, 3.05) is 12.4 Å². The van der Waals surface area contributed by atoms with E-state index in [2.05, 4.69) is 5.32 Å². The van der Waals surface area contributed by atoms with Gasteiger partial charge in [0.25, 0.3) is 5.91 Å². The molecular formula is C22H28N2O3S. The maximum Gasteiger partial charge on any atom is 0.255 e. The minimum atomic E-state index is -3.63. The second-order valence-electron chi connectivity index (χ2n) is 7.56. The van der Waals surface area contributed by atoms with Gasteiger partial charge in [0.05, 0.1) is 4.90 Å². The third kappa shape index (κ3) is 4.28. The van der Waals surface area contributed by atoms with Gasteiger partial charge in [0.1, 0.15) is 0 Å². The van der Waals surface area contributed by atoms with Crippen LogP contribution in [0.3, 0.4) is 0 Å². The third-order valence-corrected chi connectivity index (χ3v) is 7.49. The van der Waals surface area contributed by atoms with Gasteiger partial charge < -0.3 is 5.32 Å². The van der Waals surface area contributed by atoms with Gasteiger partial charge in [0.15, 0.2) is 0 Å². The zero-order valence-corrected chi connectivity index (χ0v) is 17.6. The molecule has 0 radical (unpaired) electrons. The Hall–Kier alpha value is -2.18. The van der Waals surface area contributed by atoms with E-state index in [4.69, 9.17) is 0 Å². The smallest absolute Gasteiger partial charge is 0.255 e. The van der Waals surface area contributed by atoms with Crippen molar-refractivity contribution in [1.29, 1.82) is 0 Å². The van der Waals surface area contributed by atoms with E-state index in [9.17, 15) is 13.2 Å². The summed E-state index contributed by atoms with van der Waals surface area (Å²) in [5, 5.41) is 2.92. The van der Waals surface area contributed by atoms with E-state index >= 15 is 0 Å². The fraction of sp³-hybridized carbons (Fsp3) is 0.409. The van der Waals surface area contributed by atoms with E-state index in [-0.39, 0.29) is 16.8 Å². The van der Waals surface area contributed by atoms with Gasteiger partial charge >= 0.3 is 0 Å². The summed E-state index contributed by atoms with van der Waals surface area (Å²) in [7, 11) is -1.98. The quantitative estimate of drug-likeness (QED) is 0.803. The fourth-order valence-electron chi connectivity index (χ4n) is 3.80. The number of aryl methyl sites for hydroxylation is 2. The van der Waals surface area contributed by atoms with Gasteiger partial charge in [-0.15, -0.1) is 0 Å². The number of carbonyl (C=O) groups excluding carboxylic acids is 1. The summed E-state index contributed by atoms with van der Waals surface area (Å²) in [6.45, 7) is 3.87. The van der Waals surface area contributed by atoms with Crippen LogP contribution in [0.1, 0.15) is 53.6 Å². The Morgan fingerprint density at radius 1 is 1.00 bits per heavy atom. The molecule has 1 amide bonds. The predicted octanol–water partition coefficient (Wildman–Crippen LogP) is 4.51. The highest BCUT2D eigenvalue weighted by molar-refractivity contribution is 7.89. The van der Waals surface area contributed by atoms with Crippen LogP contribution in [0.5, 0.6) is 0 Å². The minimum absolute atomic E-state index is 0.0332. The molecule has 0 aliphatic heterocycles. The van der Waals surface area contributed by atoms with E-state index < -0.39 is 10.0 Å². The van der Waals surface area contributed by atoms with Crippen molar-refractivity contribution in [3.63, 3.8) is 0 Å². The van der Waals surface area contributed by atoms with Crippen LogP contribution in [0.15, 0.2) is 47.4 Å². The Labute approximate surface area is 167 Å². The Morgan fingerprint density at radius 3 is 2.25 bits per heavy atom. The van der Waals surface area contributed by atoms with Crippen LogP contribution in [-0.4, -0.2) is 31.7 Å². The first-order chi connectivity index (χ1) is 13.3. The first kappa shape index (κ1) is 20.6. The summed E-state index contributed by atoms with van der Waals surface area (Å²) in [6, 6.07) is 12.1. The first-order valence-corrected chi connectivity index (χ1v) is 11.2. The number of sulfonamides is 1. The number of hydrogen-bond donors (Lipinski definition) is 1. The van der Waals surface area contributed by atoms with Crippen molar-refractivity contribution in [2.24, 2.45) is 0 Å². The monoisotopic (exact) mass is 400 g/mol. The number of benzene rings is 2. The fourth-order valence-corrected chi connectivity index (χ4v) is 5.26. The van der Waals surface area contributed by atoms with Crippen molar-refractivity contribution >= 4 is 21.6 Å². The Bertz CT molecular complexity index is 943. The molecule has 2 aromatic rings. The van der Waals surface area contributed by atoms with Gasteiger partial charge in [-0.05, 0) is 56.0 Å². The lowest BCUT2D eigenvalue weighted by atomic mass is 9.96. The van der Waals surface area contributed by atoms with Gasteiger partial charge in [-0.1, -0.05) is 43.5 Å². The zero-order chi connectivity index (χ0) is 20.3. The summed E-state index contributed by atoms with van der Waals surface area (Å²) in [4.78, 5) is 12.9. The minimum Gasteiger partial charge on any atom is -0.322 e. The number of hydrogen-bond acceptors (Lipinski definition) is 3. The third-order valence-electron chi connectivity index (χ3n) is 5.58. The van der Waals surface area contributed by atoms with Crippen molar-refractivity contribution in [3.05, 3.63) is 59.2 Å². The van der Waals surface area contributed by atoms with Crippen LogP contribution in [0.2, 0.25) is 0 Å². The molecule has 0 heterocycles. The maximum atomic E-state index is 13.1. The summed E-state index contributed by atoms with van der Waals surface area (Å²) in [5.41, 5.74) is 3.03. The van der Waals surface area contributed by atoms with E-state index in [1.165, 1.54) is 16.8 Å². The van der Waals surface area contributed by atoms with Crippen LogP contribution >= 0.6 is 0 Å². The number of rotatable bonds is 5. The van der Waals surface area contributed by atoms with Gasteiger partial charge in [0, 0.05) is 24.3 Å². The van der Waals surface area contributed by atoms with Crippen LogP contribution < -0.4 is 5.32 Å². The van der Waals surface area contributed by atoms with Crippen molar-refractivity contribution in [2.45, 2.75) is 56.9 Å². The van der Waals surface area contributed by atoms with E-state index in [1.54, 1.807) is 25.2 Å². The second-order valence-corrected chi connectivity index (χ2v) is 9.56. The molecule has 0 atom stereocenters. The molecule has 3 rings (SSSR count). The second kappa shape index (κ2) is 8.45. The highest BCUT2D eigenvalue weighted by atomic mass is 32.2. The van der Waals surface area contributed by atoms with Crippen LogP contribution in [-0.2, 0) is 10.0 Å². The highest BCUT2D eigenvalue weighted by Crippen LogP contribution is 2.27. The molecule has 1 aliphatic carbocycles. The number of amides is 1. The lowest BCUT2D eigenvalue weighted by molar-refractivity contribution is 0.102. The van der Waals surface area contributed by atoms with E-state index in [0.717, 1.165) is 42.5 Å². The lowest BCUT2D eigenvalue weighted by Gasteiger charge is -2.30. The van der Waals surface area contributed by atoms with Gasteiger partial charge in [0.2, 0.25) is 10.0 Å². The molecule has 28 heavy (non-hydrogen) atoms. The van der Waals surface area contributed by atoms with Crippen LogP contribution in [0, 0.1) is 13.8 Å². The number of carbonyl (C=O) groups is 1. The van der Waals surface area contributed by atoms with Gasteiger partial charge in [-0.3, -0.25) is 4.79 Å². The molecule has 0 bridgehead atoms. The number of nitrogens with one attached hydrogen (secondary N) is 1. The van der Waals surface area contributed by atoms with E-state index in [0.29, 0.717) is 5.56 Å². The lowest BCUT2D eigenvalue weighted by Crippen LogP contribution is -2.38. The molecule has 1 N–H and O–H groups in total. The number of anilines is 1. The van der Waals surface area contributed by atoms with Crippen molar-refractivity contribution in [3.8, 4) is 0 Å². The standard InChI is InChI=1S/C22H28N2O3S/c1-16-9-7-10-17(2)21(16)23-22(25)18-11-8-14-20(15-18)28(26,27)24(3)19-12-5-4-6-13-19/h7-11,14-15,19H,4-6,12-13H2,1-3H3,(H,23,25). The first-order valence-electron chi connectivity index (χ1n) is 9.76. The topological polar surface area (TPSA) is 66.5 Å².